The van der Waals surface area contributed by atoms with Gasteiger partial charge in [0, 0.05) is 40.7 Å². The Balaban J connectivity index is 1.12. The minimum atomic E-state index is -0.490. The summed E-state index contributed by atoms with van der Waals surface area (Å²) in [5.41, 5.74) is 5.81. The summed E-state index contributed by atoms with van der Waals surface area (Å²) in [5, 5.41) is 18.9. The van der Waals surface area contributed by atoms with Gasteiger partial charge in [0.15, 0.2) is 0 Å². The van der Waals surface area contributed by atoms with Crippen molar-refractivity contribution in [2.24, 2.45) is 0 Å². The third-order valence-corrected chi connectivity index (χ3v) is 11.2. The van der Waals surface area contributed by atoms with Gasteiger partial charge in [0.1, 0.15) is 16.8 Å². The molecule has 3 amide bonds. The molecule has 8 nitrogen and oxygen atoms in total. The lowest BCUT2D eigenvalue weighted by molar-refractivity contribution is -0.115. The Kier molecular flexibility index (Phi) is 12.2. The van der Waals surface area contributed by atoms with Crippen molar-refractivity contribution in [1.29, 1.82) is 5.26 Å². The number of hydrogen-bond acceptors (Lipinski definition) is 7. The van der Waals surface area contributed by atoms with E-state index < -0.39 is 17.1 Å². The number of rotatable bonds is 12. The zero-order valence-electron chi connectivity index (χ0n) is 29.9. The Morgan fingerprint density at radius 2 is 1.62 bits per heavy atom. The van der Waals surface area contributed by atoms with Gasteiger partial charge in [0.2, 0.25) is 5.91 Å². The molecular formula is C43H41N5O3S2. The summed E-state index contributed by atoms with van der Waals surface area (Å²) in [6, 6.07) is 36.5. The predicted octanol–water partition coefficient (Wildman–Crippen LogP) is 8.83. The monoisotopic (exact) mass is 739 g/mol. The molecule has 0 aliphatic carbocycles. The standard InChI is InChI=1S/C43H41N5O3S2/c1-28(2)32-19-17-30(18-20-32)23-38(46-41(50)33-13-8-5-9-14-33)42(51)45-34-15-10-16-35(24-34)52-29(3)40(49)47-43-37(25-44)36-21-22-48(27-39(36)53-43)26-31-11-6-4-7-12-31/h4-20,23-24,28-29H,21-22,26-27H2,1-3H3,(H,45,51)(H,46,50)(H,47,49)/b38-23+. The number of nitrogens with zero attached hydrogens (tertiary/aromatic N) is 2. The highest BCUT2D eigenvalue weighted by Crippen LogP contribution is 2.38. The maximum Gasteiger partial charge on any atom is 0.272 e. The maximum absolute atomic E-state index is 13.7. The normalized spacial score (nSPS) is 13.5. The summed E-state index contributed by atoms with van der Waals surface area (Å²) < 4.78 is 0. The van der Waals surface area contributed by atoms with Gasteiger partial charge in [-0.3, -0.25) is 19.3 Å². The number of hydrogen-bond donors (Lipinski definition) is 3. The number of nitrogens with one attached hydrogen (secondary N) is 3. The smallest absolute Gasteiger partial charge is 0.272 e. The third-order valence-electron chi connectivity index (χ3n) is 8.95. The Morgan fingerprint density at radius 3 is 2.32 bits per heavy atom. The van der Waals surface area contributed by atoms with Crippen LogP contribution < -0.4 is 16.0 Å². The van der Waals surface area contributed by atoms with Crippen LogP contribution in [-0.2, 0) is 29.1 Å². The quantitative estimate of drug-likeness (QED) is 0.0871. The van der Waals surface area contributed by atoms with Crippen LogP contribution in [0, 0.1) is 11.3 Å². The molecule has 5 aromatic rings. The summed E-state index contributed by atoms with van der Waals surface area (Å²) >= 11 is 2.83. The summed E-state index contributed by atoms with van der Waals surface area (Å²) in [6.45, 7) is 8.47. The number of anilines is 2. The van der Waals surface area contributed by atoms with Crippen LogP contribution in [0.5, 0.6) is 0 Å². The first kappa shape index (κ1) is 37.3. The number of carbonyl (C=O) groups excluding carboxylic acids is 3. The zero-order valence-corrected chi connectivity index (χ0v) is 31.5. The Labute approximate surface area is 318 Å². The number of thiophene rings is 1. The zero-order chi connectivity index (χ0) is 37.3. The molecule has 1 atom stereocenters. The van der Waals surface area contributed by atoms with Gasteiger partial charge in [-0.2, -0.15) is 5.26 Å². The van der Waals surface area contributed by atoms with Crippen LogP contribution in [0.4, 0.5) is 10.7 Å². The van der Waals surface area contributed by atoms with Gasteiger partial charge in [0.05, 0.1) is 10.8 Å². The van der Waals surface area contributed by atoms with Crippen molar-refractivity contribution >= 4 is 57.6 Å². The molecular weight excluding hydrogens is 699 g/mol. The number of nitriles is 1. The summed E-state index contributed by atoms with van der Waals surface area (Å²) in [6.07, 6.45) is 2.42. The molecule has 4 aromatic carbocycles. The lowest BCUT2D eigenvalue weighted by atomic mass is 10.0. The molecule has 2 heterocycles. The lowest BCUT2D eigenvalue weighted by Gasteiger charge is -2.26. The fourth-order valence-corrected chi connectivity index (χ4v) is 8.21. The van der Waals surface area contributed by atoms with Crippen molar-refractivity contribution in [3.8, 4) is 6.07 Å². The molecule has 10 heteroatoms. The molecule has 6 rings (SSSR count). The van der Waals surface area contributed by atoms with Crippen molar-refractivity contribution in [3.05, 3.63) is 153 Å². The summed E-state index contributed by atoms with van der Waals surface area (Å²) in [7, 11) is 0. The topological polar surface area (TPSA) is 114 Å². The molecule has 0 saturated heterocycles. The van der Waals surface area contributed by atoms with E-state index in [9.17, 15) is 19.6 Å². The number of thioether (sulfide) groups is 1. The van der Waals surface area contributed by atoms with Crippen molar-refractivity contribution < 1.29 is 14.4 Å². The first-order valence-corrected chi connectivity index (χ1v) is 19.2. The Bertz CT molecular complexity index is 2160. The van der Waals surface area contributed by atoms with E-state index in [2.05, 4.69) is 52.9 Å². The minimum absolute atomic E-state index is 0.0945. The molecule has 0 spiro atoms. The average molecular weight is 740 g/mol. The SMILES string of the molecule is CC(Sc1cccc(NC(=O)/C(=C\c2ccc(C(C)C)cc2)NC(=O)c2ccccc2)c1)C(=O)Nc1sc2c(c1C#N)CCN(Cc1ccccc1)C2. The first-order chi connectivity index (χ1) is 25.7. The molecule has 1 aliphatic heterocycles. The highest BCUT2D eigenvalue weighted by Gasteiger charge is 2.26. The largest absolute Gasteiger partial charge is 0.321 e. The van der Waals surface area contributed by atoms with Gasteiger partial charge < -0.3 is 16.0 Å². The minimum Gasteiger partial charge on any atom is -0.321 e. The summed E-state index contributed by atoms with van der Waals surface area (Å²) in [4.78, 5) is 44.5. The van der Waals surface area contributed by atoms with E-state index in [-0.39, 0.29) is 11.6 Å². The highest BCUT2D eigenvalue weighted by molar-refractivity contribution is 8.00. The Morgan fingerprint density at radius 1 is 0.906 bits per heavy atom. The van der Waals surface area contributed by atoms with E-state index >= 15 is 0 Å². The number of amides is 3. The van der Waals surface area contributed by atoms with Crippen LogP contribution >= 0.6 is 23.1 Å². The van der Waals surface area contributed by atoms with E-state index in [1.807, 2.05) is 61.5 Å². The second-order valence-electron chi connectivity index (χ2n) is 13.2. The van der Waals surface area contributed by atoms with E-state index in [1.165, 1.54) is 34.2 Å². The molecule has 1 unspecified atom stereocenters. The fraction of sp³-hybridized carbons (Fsp3) is 0.209. The van der Waals surface area contributed by atoms with Gasteiger partial charge in [-0.25, -0.2) is 0 Å². The van der Waals surface area contributed by atoms with Crippen LogP contribution in [0.1, 0.15) is 69.7 Å². The molecule has 0 bridgehead atoms. The van der Waals surface area contributed by atoms with Crippen LogP contribution in [0.25, 0.3) is 6.08 Å². The van der Waals surface area contributed by atoms with Gasteiger partial charge in [-0.1, -0.05) is 92.7 Å². The summed E-state index contributed by atoms with van der Waals surface area (Å²) in [5.74, 6) is -0.729. The maximum atomic E-state index is 13.7. The van der Waals surface area contributed by atoms with E-state index in [0.29, 0.717) is 27.7 Å². The molecule has 53 heavy (non-hydrogen) atoms. The second-order valence-corrected chi connectivity index (χ2v) is 15.7. The number of fused-ring (bicyclic) bond motifs is 1. The predicted molar refractivity (Wildman–Crippen MR) is 215 cm³/mol. The first-order valence-electron chi connectivity index (χ1n) is 17.5. The number of carbonyl (C=O) groups is 3. The van der Waals surface area contributed by atoms with Crippen molar-refractivity contribution in [2.75, 3.05) is 17.2 Å². The van der Waals surface area contributed by atoms with Crippen molar-refractivity contribution in [3.63, 3.8) is 0 Å². The van der Waals surface area contributed by atoms with E-state index in [4.69, 9.17) is 0 Å². The number of benzene rings is 4. The van der Waals surface area contributed by atoms with Crippen molar-refractivity contribution in [1.82, 2.24) is 10.2 Å². The van der Waals surface area contributed by atoms with Gasteiger partial charge in [-0.05, 0) is 77.9 Å². The molecule has 268 valence electrons. The van der Waals surface area contributed by atoms with Crippen LogP contribution in [0.15, 0.2) is 120 Å². The second kappa shape index (κ2) is 17.4. The lowest BCUT2D eigenvalue weighted by Crippen LogP contribution is -2.30. The molecule has 0 radical (unpaired) electrons. The van der Waals surface area contributed by atoms with E-state index in [0.717, 1.165) is 47.0 Å². The Hall–Kier alpha value is -5.47. The van der Waals surface area contributed by atoms with Crippen molar-refractivity contribution in [2.45, 2.75) is 56.3 Å². The fourth-order valence-electron chi connectivity index (χ4n) is 6.04. The molecule has 0 saturated carbocycles. The highest BCUT2D eigenvalue weighted by atomic mass is 32.2. The van der Waals surface area contributed by atoms with Crippen LogP contribution in [-0.4, -0.2) is 34.4 Å². The van der Waals surface area contributed by atoms with Gasteiger partial charge >= 0.3 is 0 Å². The third kappa shape index (κ3) is 9.70. The van der Waals surface area contributed by atoms with Crippen LogP contribution in [0.2, 0.25) is 0 Å². The average Bonchev–Trinajstić information content (AvgIpc) is 3.51. The van der Waals surface area contributed by atoms with E-state index in [1.54, 1.807) is 48.5 Å². The molecule has 0 fully saturated rings. The molecule has 3 N–H and O–H groups in total. The van der Waals surface area contributed by atoms with Crippen LogP contribution in [0.3, 0.4) is 0 Å². The van der Waals surface area contributed by atoms with Gasteiger partial charge in [0.25, 0.3) is 11.8 Å². The molecule has 1 aromatic heterocycles. The van der Waals surface area contributed by atoms with Gasteiger partial charge in [-0.15, -0.1) is 23.1 Å². The molecule has 1 aliphatic rings.